The average molecular weight is 343 g/mol. The molecule has 0 aromatic carbocycles. The highest BCUT2D eigenvalue weighted by atomic mass is 127. The van der Waals surface area contributed by atoms with Gasteiger partial charge in [-0.1, -0.05) is 0 Å². The van der Waals surface area contributed by atoms with E-state index in [2.05, 4.69) is 32.7 Å². The molecule has 0 radical (unpaired) electrons. The van der Waals surface area contributed by atoms with Gasteiger partial charge in [-0.3, -0.25) is 14.5 Å². The molecule has 17 heavy (non-hydrogen) atoms. The molecule has 88 valence electrons. The highest BCUT2D eigenvalue weighted by molar-refractivity contribution is 14.1. The molecule has 0 bridgehead atoms. The Labute approximate surface area is 112 Å². The van der Waals surface area contributed by atoms with E-state index in [1.165, 1.54) is 4.68 Å². The first-order valence-electron chi connectivity index (χ1n) is 4.94. The van der Waals surface area contributed by atoms with E-state index < -0.39 is 5.97 Å². The number of carboxylic acids is 1. The van der Waals surface area contributed by atoms with Crippen molar-refractivity contribution < 1.29 is 9.90 Å². The van der Waals surface area contributed by atoms with E-state index in [0.29, 0.717) is 0 Å². The molecule has 0 aliphatic heterocycles. The van der Waals surface area contributed by atoms with Crippen molar-refractivity contribution in [2.75, 3.05) is 0 Å². The Balaban J connectivity index is 2.46. The number of nitrogens with zero attached hydrogens (tertiary/aromatic N) is 3. The fourth-order valence-corrected chi connectivity index (χ4v) is 2.20. The molecule has 2 aromatic heterocycles. The van der Waals surface area contributed by atoms with Gasteiger partial charge >= 0.3 is 5.97 Å². The van der Waals surface area contributed by atoms with E-state index in [4.69, 9.17) is 5.11 Å². The van der Waals surface area contributed by atoms with Crippen LogP contribution in [0.5, 0.6) is 0 Å². The van der Waals surface area contributed by atoms with Crippen LogP contribution in [0, 0.1) is 10.5 Å². The molecular weight excluding hydrogens is 333 g/mol. The van der Waals surface area contributed by atoms with Gasteiger partial charge in [0.25, 0.3) is 0 Å². The molecule has 2 heterocycles. The normalized spacial score (nSPS) is 10.5. The van der Waals surface area contributed by atoms with Crippen molar-refractivity contribution >= 4 is 28.6 Å². The van der Waals surface area contributed by atoms with E-state index in [9.17, 15) is 4.79 Å². The first-order valence-corrected chi connectivity index (χ1v) is 6.02. The molecule has 0 fully saturated rings. The summed E-state index contributed by atoms with van der Waals surface area (Å²) >= 11 is 2.18. The zero-order valence-electron chi connectivity index (χ0n) is 9.09. The Kier molecular flexibility index (Phi) is 3.41. The molecule has 0 saturated heterocycles. The number of pyridine rings is 1. The van der Waals surface area contributed by atoms with E-state index >= 15 is 0 Å². The van der Waals surface area contributed by atoms with Crippen molar-refractivity contribution in [1.29, 1.82) is 0 Å². The summed E-state index contributed by atoms with van der Waals surface area (Å²) in [7, 11) is 0. The smallest absolute Gasteiger partial charge is 0.325 e. The first-order chi connectivity index (χ1) is 8.09. The van der Waals surface area contributed by atoms with Gasteiger partial charge in [0.05, 0.1) is 3.57 Å². The van der Waals surface area contributed by atoms with Crippen molar-refractivity contribution in [3.63, 3.8) is 0 Å². The third-order valence-electron chi connectivity index (χ3n) is 2.37. The predicted octanol–water partition coefficient (Wildman–Crippen LogP) is 1.94. The summed E-state index contributed by atoms with van der Waals surface area (Å²) in [6.45, 7) is 1.75. The molecule has 2 aromatic rings. The minimum atomic E-state index is -0.895. The Morgan fingerprint density at radius 3 is 2.71 bits per heavy atom. The van der Waals surface area contributed by atoms with Crippen molar-refractivity contribution in [3.8, 4) is 11.3 Å². The Hall–Kier alpha value is -1.44. The molecule has 2 rings (SSSR count). The number of aliphatic carboxylic acids is 1. The molecule has 0 atom stereocenters. The third-order valence-corrected chi connectivity index (χ3v) is 3.66. The quantitative estimate of drug-likeness (QED) is 0.865. The lowest BCUT2D eigenvalue weighted by Crippen LogP contribution is -2.11. The number of halogens is 1. The summed E-state index contributed by atoms with van der Waals surface area (Å²) < 4.78 is 2.47. The van der Waals surface area contributed by atoms with Crippen LogP contribution in [0.3, 0.4) is 0 Å². The number of carboxylic acid groups (broad SMARTS) is 1. The molecule has 0 unspecified atom stereocenters. The lowest BCUT2D eigenvalue weighted by molar-refractivity contribution is -0.137. The van der Waals surface area contributed by atoms with Gasteiger partial charge in [0.2, 0.25) is 0 Å². The third kappa shape index (κ3) is 2.46. The number of carbonyl (C=O) groups is 1. The summed E-state index contributed by atoms with van der Waals surface area (Å²) in [5.74, 6) is -0.895. The summed E-state index contributed by atoms with van der Waals surface area (Å²) in [4.78, 5) is 14.7. The number of hydrogen-bond donors (Lipinski definition) is 1. The fraction of sp³-hybridized carbons (Fsp3) is 0.182. The largest absolute Gasteiger partial charge is 0.480 e. The van der Waals surface area contributed by atoms with Crippen LogP contribution in [0.15, 0.2) is 24.5 Å². The topological polar surface area (TPSA) is 68.0 Å². The molecule has 0 aliphatic carbocycles. The standard InChI is InChI=1S/C11H10IN3O2/c1-7-10(12)11(8-2-4-13-5-3-8)14-15(7)6-9(16)17/h2-5H,6H2,1H3,(H,16,17). The monoisotopic (exact) mass is 343 g/mol. The second kappa shape index (κ2) is 4.82. The number of hydrogen-bond acceptors (Lipinski definition) is 3. The maximum absolute atomic E-state index is 10.7. The Bertz CT molecular complexity index is 551. The molecule has 0 amide bonds. The summed E-state index contributed by atoms with van der Waals surface area (Å²) in [5.41, 5.74) is 2.60. The minimum Gasteiger partial charge on any atom is -0.480 e. The van der Waals surface area contributed by atoms with Crippen molar-refractivity contribution in [3.05, 3.63) is 33.8 Å². The van der Waals surface area contributed by atoms with E-state index in [-0.39, 0.29) is 6.54 Å². The lowest BCUT2D eigenvalue weighted by atomic mass is 10.2. The molecule has 1 N–H and O–H groups in total. The second-order valence-electron chi connectivity index (χ2n) is 3.54. The average Bonchev–Trinajstić information content (AvgIpc) is 2.58. The van der Waals surface area contributed by atoms with Crippen LogP contribution in [0.1, 0.15) is 5.69 Å². The van der Waals surface area contributed by atoms with Crippen LogP contribution >= 0.6 is 22.6 Å². The van der Waals surface area contributed by atoms with Crippen molar-refractivity contribution in [2.45, 2.75) is 13.5 Å². The van der Waals surface area contributed by atoms with Gasteiger partial charge in [0, 0.05) is 23.7 Å². The van der Waals surface area contributed by atoms with E-state index in [1.807, 2.05) is 19.1 Å². The summed E-state index contributed by atoms with van der Waals surface area (Å²) in [6, 6.07) is 3.71. The fourth-order valence-electron chi connectivity index (χ4n) is 1.50. The van der Waals surface area contributed by atoms with Crippen molar-refractivity contribution in [1.82, 2.24) is 14.8 Å². The number of aromatic nitrogens is 3. The highest BCUT2D eigenvalue weighted by Gasteiger charge is 2.15. The number of rotatable bonds is 3. The summed E-state index contributed by atoms with van der Waals surface area (Å²) in [6.07, 6.45) is 3.38. The molecule has 5 nitrogen and oxygen atoms in total. The first kappa shape index (κ1) is 12.0. The van der Waals surface area contributed by atoms with Gasteiger partial charge < -0.3 is 5.11 Å². The van der Waals surface area contributed by atoms with Gasteiger partial charge in [-0.25, -0.2) is 0 Å². The SMILES string of the molecule is Cc1c(I)c(-c2ccncc2)nn1CC(=O)O. The van der Waals surface area contributed by atoms with Crippen LogP contribution in [0.2, 0.25) is 0 Å². The zero-order chi connectivity index (χ0) is 12.4. The molecule has 0 saturated carbocycles. The Morgan fingerprint density at radius 1 is 1.47 bits per heavy atom. The second-order valence-corrected chi connectivity index (χ2v) is 4.61. The predicted molar refractivity (Wildman–Crippen MR) is 70.5 cm³/mol. The van der Waals surface area contributed by atoms with Crippen LogP contribution in [0.4, 0.5) is 0 Å². The maximum Gasteiger partial charge on any atom is 0.325 e. The van der Waals surface area contributed by atoms with Gasteiger partial charge in [0.1, 0.15) is 12.2 Å². The van der Waals surface area contributed by atoms with Crippen LogP contribution in [0.25, 0.3) is 11.3 Å². The summed E-state index contributed by atoms with van der Waals surface area (Å²) in [5, 5.41) is 13.1. The molecule has 0 spiro atoms. The maximum atomic E-state index is 10.7. The van der Waals surface area contributed by atoms with Gasteiger partial charge in [-0.05, 0) is 41.6 Å². The Morgan fingerprint density at radius 2 is 2.12 bits per heavy atom. The van der Waals surface area contributed by atoms with Crippen LogP contribution in [-0.2, 0) is 11.3 Å². The van der Waals surface area contributed by atoms with Gasteiger partial charge in [-0.15, -0.1) is 0 Å². The van der Waals surface area contributed by atoms with Gasteiger partial charge in [0.15, 0.2) is 0 Å². The zero-order valence-corrected chi connectivity index (χ0v) is 11.2. The lowest BCUT2D eigenvalue weighted by Gasteiger charge is -1.98. The van der Waals surface area contributed by atoms with Crippen LogP contribution in [-0.4, -0.2) is 25.8 Å². The van der Waals surface area contributed by atoms with Crippen molar-refractivity contribution in [2.24, 2.45) is 0 Å². The van der Waals surface area contributed by atoms with E-state index in [1.54, 1.807) is 12.4 Å². The van der Waals surface area contributed by atoms with Crippen LogP contribution < -0.4 is 0 Å². The minimum absolute atomic E-state index is 0.118. The highest BCUT2D eigenvalue weighted by Crippen LogP contribution is 2.25. The molecular formula is C11H10IN3O2. The van der Waals surface area contributed by atoms with E-state index in [0.717, 1.165) is 20.5 Å². The van der Waals surface area contributed by atoms with Gasteiger partial charge in [-0.2, -0.15) is 5.10 Å². The molecule has 0 aliphatic rings. The molecule has 6 heteroatoms.